The average Bonchev–Trinajstić information content (AvgIpc) is 2.03. The van der Waals surface area contributed by atoms with Crippen molar-refractivity contribution in [2.75, 3.05) is 6.54 Å². The van der Waals surface area contributed by atoms with Gasteiger partial charge in [-0.05, 0) is 10.5 Å². The zero-order valence-corrected chi connectivity index (χ0v) is 8.32. The number of amides is 1. The molecule has 0 saturated heterocycles. The van der Waals surface area contributed by atoms with Crippen LogP contribution in [0.5, 0.6) is 0 Å². The molecule has 11 heavy (non-hydrogen) atoms. The number of allylic oxidation sites excluding steroid dienone is 1. The molecule has 0 N–H and O–H groups in total. The van der Waals surface area contributed by atoms with Gasteiger partial charge in [0.25, 0.3) is 0 Å². The van der Waals surface area contributed by atoms with Crippen LogP contribution in [-0.2, 0) is 4.79 Å². The SMILES string of the molecule is O=C1CCC=CN1C/C=C/I. The van der Waals surface area contributed by atoms with E-state index >= 15 is 0 Å². The van der Waals surface area contributed by atoms with E-state index < -0.39 is 0 Å². The Morgan fingerprint density at radius 2 is 2.55 bits per heavy atom. The van der Waals surface area contributed by atoms with Gasteiger partial charge in [-0.2, -0.15) is 0 Å². The van der Waals surface area contributed by atoms with Gasteiger partial charge in [-0.3, -0.25) is 4.79 Å². The summed E-state index contributed by atoms with van der Waals surface area (Å²) >= 11 is 2.15. The molecule has 2 nitrogen and oxygen atoms in total. The Morgan fingerprint density at radius 3 is 3.18 bits per heavy atom. The number of hydrogen-bond donors (Lipinski definition) is 0. The van der Waals surface area contributed by atoms with E-state index in [4.69, 9.17) is 0 Å². The van der Waals surface area contributed by atoms with Crippen LogP contribution in [0.1, 0.15) is 12.8 Å². The Bertz CT molecular complexity index is 198. The minimum atomic E-state index is 0.224. The fourth-order valence-corrected chi connectivity index (χ4v) is 1.18. The predicted molar refractivity (Wildman–Crippen MR) is 53.2 cm³/mol. The lowest BCUT2D eigenvalue weighted by Gasteiger charge is -2.19. The quantitative estimate of drug-likeness (QED) is 0.698. The summed E-state index contributed by atoms with van der Waals surface area (Å²) in [6, 6.07) is 0. The molecule has 1 aliphatic rings. The normalized spacial score (nSPS) is 18.3. The van der Waals surface area contributed by atoms with Crippen molar-refractivity contribution in [3.63, 3.8) is 0 Å². The van der Waals surface area contributed by atoms with Gasteiger partial charge in [0.15, 0.2) is 0 Å². The van der Waals surface area contributed by atoms with E-state index in [0.29, 0.717) is 13.0 Å². The second-order valence-electron chi connectivity index (χ2n) is 2.33. The van der Waals surface area contributed by atoms with Crippen molar-refractivity contribution >= 4 is 28.5 Å². The third kappa shape index (κ3) is 2.65. The Morgan fingerprint density at radius 1 is 1.73 bits per heavy atom. The molecule has 0 saturated carbocycles. The fourth-order valence-electron chi connectivity index (χ4n) is 0.951. The first-order valence-corrected chi connectivity index (χ1v) is 4.80. The molecule has 0 aromatic heterocycles. The van der Waals surface area contributed by atoms with Gasteiger partial charge in [-0.15, -0.1) is 0 Å². The van der Waals surface area contributed by atoms with E-state index in [9.17, 15) is 4.79 Å². The van der Waals surface area contributed by atoms with Crippen LogP contribution in [0.2, 0.25) is 0 Å². The maximum absolute atomic E-state index is 11.1. The highest BCUT2D eigenvalue weighted by Crippen LogP contribution is 2.07. The van der Waals surface area contributed by atoms with Gasteiger partial charge in [0.2, 0.25) is 5.91 Å². The molecular formula is C8H10INO. The summed E-state index contributed by atoms with van der Waals surface area (Å²) in [5.41, 5.74) is 0. The third-order valence-electron chi connectivity index (χ3n) is 1.52. The highest BCUT2D eigenvalue weighted by Gasteiger charge is 2.10. The smallest absolute Gasteiger partial charge is 0.227 e. The molecule has 1 aliphatic heterocycles. The van der Waals surface area contributed by atoms with Crippen LogP contribution < -0.4 is 0 Å². The summed E-state index contributed by atoms with van der Waals surface area (Å²) < 4.78 is 1.92. The molecule has 1 amide bonds. The number of rotatable bonds is 2. The first-order valence-electron chi connectivity index (χ1n) is 3.56. The maximum Gasteiger partial charge on any atom is 0.227 e. The number of halogens is 1. The van der Waals surface area contributed by atoms with Crippen molar-refractivity contribution in [2.24, 2.45) is 0 Å². The Balaban J connectivity index is 2.48. The van der Waals surface area contributed by atoms with Crippen LogP contribution in [0.3, 0.4) is 0 Å². The second-order valence-corrected chi connectivity index (χ2v) is 3.05. The number of hydrogen-bond acceptors (Lipinski definition) is 1. The summed E-state index contributed by atoms with van der Waals surface area (Å²) in [6.45, 7) is 0.707. The summed E-state index contributed by atoms with van der Waals surface area (Å²) in [7, 11) is 0. The van der Waals surface area contributed by atoms with Crippen LogP contribution in [-0.4, -0.2) is 17.4 Å². The zero-order valence-electron chi connectivity index (χ0n) is 6.16. The molecule has 0 bridgehead atoms. The molecule has 1 heterocycles. The summed E-state index contributed by atoms with van der Waals surface area (Å²) in [4.78, 5) is 12.9. The molecule has 0 aromatic carbocycles. The molecule has 0 radical (unpaired) electrons. The first kappa shape index (κ1) is 8.77. The van der Waals surface area contributed by atoms with Crippen molar-refractivity contribution in [3.05, 3.63) is 22.4 Å². The zero-order chi connectivity index (χ0) is 8.10. The lowest BCUT2D eigenvalue weighted by Crippen LogP contribution is -2.27. The van der Waals surface area contributed by atoms with Crippen molar-refractivity contribution in [1.82, 2.24) is 4.90 Å². The van der Waals surface area contributed by atoms with Gasteiger partial charge in [-0.25, -0.2) is 0 Å². The molecule has 0 aromatic rings. The first-order chi connectivity index (χ1) is 5.34. The van der Waals surface area contributed by atoms with Gasteiger partial charge in [0.05, 0.1) is 0 Å². The minimum absolute atomic E-state index is 0.224. The van der Waals surface area contributed by atoms with Crippen LogP contribution in [0, 0.1) is 0 Å². The van der Waals surface area contributed by atoms with Crippen molar-refractivity contribution in [2.45, 2.75) is 12.8 Å². The minimum Gasteiger partial charge on any atom is -0.316 e. The van der Waals surface area contributed by atoms with Crippen LogP contribution in [0.4, 0.5) is 0 Å². The van der Waals surface area contributed by atoms with Crippen LogP contribution >= 0.6 is 22.6 Å². The van der Waals surface area contributed by atoms with Gasteiger partial charge < -0.3 is 4.90 Å². The summed E-state index contributed by atoms with van der Waals surface area (Å²) in [5.74, 6) is 0.224. The van der Waals surface area contributed by atoms with Gasteiger partial charge >= 0.3 is 0 Å². The Hall–Kier alpha value is -0.320. The molecule has 3 heteroatoms. The molecular weight excluding hydrogens is 253 g/mol. The molecule has 0 unspecified atom stereocenters. The van der Waals surface area contributed by atoms with Gasteiger partial charge in [0, 0.05) is 19.2 Å². The Labute approximate surface area is 80.1 Å². The Kier molecular flexibility index (Phi) is 3.62. The lowest BCUT2D eigenvalue weighted by atomic mass is 10.2. The van der Waals surface area contributed by atoms with Crippen molar-refractivity contribution in [3.8, 4) is 0 Å². The molecule has 0 spiro atoms. The molecule has 0 atom stereocenters. The van der Waals surface area contributed by atoms with E-state index in [1.807, 2.05) is 22.4 Å². The van der Waals surface area contributed by atoms with Gasteiger partial charge in [-0.1, -0.05) is 34.7 Å². The monoisotopic (exact) mass is 263 g/mol. The van der Waals surface area contributed by atoms with Crippen LogP contribution in [0.15, 0.2) is 22.4 Å². The topological polar surface area (TPSA) is 20.3 Å². The second kappa shape index (κ2) is 4.54. The summed E-state index contributed by atoms with van der Waals surface area (Å²) in [6.07, 6.45) is 7.41. The number of carbonyl (C=O) groups excluding carboxylic acids is 1. The highest BCUT2D eigenvalue weighted by molar-refractivity contribution is 14.1. The number of carbonyl (C=O) groups is 1. The van der Waals surface area contributed by atoms with E-state index in [1.54, 1.807) is 4.90 Å². The maximum atomic E-state index is 11.1. The molecule has 1 rings (SSSR count). The van der Waals surface area contributed by atoms with Gasteiger partial charge in [0.1, 0.15) is 0 Å². The average molecular weight is 263 g/mol. The van der Waals surface area contributed by atoms with Crippen molar-refractivity contribution in [1.29, 1.82) is 0 Å². The van der Waals surface area contributed by atoms with Crippen molar-refractivity contribution < 1.29 is 4.79 Å². The van der Waals surface area contributed by atoms with E-state index in [0.717, 1.165) is 6.42 Å². The molecule has 60 valence electrons. The lowest BCUT2D eigenvalue weighted by molar-refractivity contribution is -0.128. The largest absolute Gasteiger partial charge is 0.316 e. The molecule has 0 fully saturated rings. The van der Waals surface area contributed by atoms with E-state index in [2.05, 4.69) is 22.6 Å². The van der Waals surface area contributed by atoms with Crippen LogP contribution in [0.25, 0.3) is 0 Å². The van der Waals surface area contributed by atoms with E-state index in [1.165, 1.54) is 0 Å². The summed E-state index contributed by atoms with van der Waals surface area (Å²) in [5, 5.41) is 0. The predicted octanol–water partition coefficient (Wildman–Crippen LogP) is 2.07. The third-order valence-corrected chi connectivity index (χ3v) is 2.03. The van der Waals surface area contributed by atoms with E-state index in [-0.39, 0.29) is 5.91 Å². The highest BCUT2D eigenvalue weighted by atomic mass is 127. The number of nitrogens with zero attached hydrogens (tertiary/aromatic N) is 1. The molecule has 0 aliphatic carbocycles. The fraction of sp³-hybridized carbons (Fsp3) is 0.375. The standard InChI is InChI=1S/C8H10INO/c9-5-3-7-10-6-2-1-4-8(10)11/h2-3,5-6H,1,4,7H2/b5-3+.